The van der Waals surface area contributed by atoms with Crippen LogP contribution in [0.25, 0.3) is 22.1 Å². The van der Waals surface area contributed by atoms with Crippen molar-refractivity contribution in [3.05, 3.63) is 60.4 Å². The molecule has 2 fully saturated rings. The van der Waals surface area contributed by atoms with Crippen LogP contribution in [-0.2, 0) is 16.0 Å². The van der Waals surface area contributed by atoms with E-state index in [0.717, 1.165) is 54.2 Å². The zero-order chi connectivity index (χ0) is 19.0. The maximum atomic E-state index is 13.2. The molecule has 2 heterocycles. The van der Waals surface area contributed by atoms with Crippen molar-refractivity contribution < 1.29 is 13.9 Å². The number of carbonyl (C=O) groups is 1. The maximum absolute atomic E-state index is 13.2. The molecule has 1 N–H and O–H groups in total. The Bertz CT molecular complexity index is 996. The molecular weight excluding hydrogens is 350 g/mol. The Labute approximate surface area is 164 Å². The molecule has 0 spiro atoms. The molecule has 4 nitrogen and oxygen atoms in total. The fraction of sp³-hybridized carbons (Fsp3) is 0.375. The Morgan fingerprint density at radius 1 is 1.00 bits per heavy atom. The first-order chi connectivity index (χ1) is 13.8. The molecule has 1 saturated heterocycles. The van der Waals surface area contributed by atoms with Gasteiger partial charge in [0.25, 0.3) is 0 Å². The lowest BCUT2D eigenvalue weighted by Crippen LogP contribution is -2.46. The summed E-state index contributed by atoms with van der Waals surface area (Å²) in [6, 6.07) is 16.9. The van der Waals surface area contributed by atoms with Gasteiger partial charge in [-0.25, -0.2) is 0 Å². The number of hydrogen-bond donors (Lipinski definition) is 1. The second kappa shape index (κ2) is 7.10. The first-order valence-corrected chi connectivity index (χ1v) is 10.2. The van der Waals surface area contributed by atoms with Gasteiger partial charge in [-0.2, -0.15) is 0 Å². The Balaban J connectivity index is 1.53. The molecule has 2 aliphatic rings. The molecule has 5 rings (SSSR count). The molecule has 0 radical (unpaired) electrons. The Kier molecular flexibility index (Phi) is 4.44. The summed E-state index contributed by atoms with van der Waals surface area (Å²) >= 11 is 0. The van der Waals surface area contributed by atoms with Crippen molar-refractivity contribution in [2.24, 2.45) is 5.41 Å². The van der Waals surface area contributed by atoms with Gasteiger partial charge in [-0.3, -0.25) is 4.79 Å². The van der Waals surface area contributed by atoms with Crippen LogP contribution in [-0.4, -0.2) is 25.2 Å². The highest BCUT2D eigenvalue weighted by atomic mass is 16.5. The van der Waals surface area contributed by atoms with E-state index in [1.54, 1.807) is 0 Å². The van der Waals surface area contributed by atoms with Gasteiger partial charge in [0.05, 0.1) is 11.7 Å². The van der Waals surface area contributed by atoms with Crippen LogP contribution in [0.3, 0.4) is 0 Å². The number of amides is 1. The van der Waals surface area contributed by atoms with Crippen LogP contribution in [0.4, 0.5) is 0 Å². The van der Waals surface area contributed by atoms with Gasteiger partial charge in [0, 0.05) is 30.2 Å². The van der Waals surface area contributed by atoms with Gasteiger partial charge in [0.1, 0.15) is 5.58 Å². The summed E-state index contributed by atoms with van der Waals surface area (Å²) in [5.74, 6) is 0.199. The van der Waals surface area contributed by atoms with Gasteiger partial charge >= 0.3 is 0 Å². The van der Waals surface area contributed by atoms with E-state index in [9.17, 15) is 4.79 Å². The van der Waals surface area contributed by atoms with E-state index in [1.165, 1.54) is 5.56 Å². The van der Waals surface area contributed by atoms with Crippen LogP contribution in [0.15, 0.2) is 59.2 Å². The largest absolute Gasteiger partial charge is 0.464 e. The number of rotatable bonds is 5. The summed E-state index contributed by atoms with van der Waals surface area (Å²) in [5.41, 5.74) is 3.94. The molecule has 28 heavy (non-hydrogen) atoms. The molecule has 1 aliphatic heterocycles. The third-order valence-electron chi connectivity index (χ3n) is 6.16. The fourth-order valence-electron chi connectivity index (χ4n) is 4.30. The number of hydrogen-bond acceptors (Lipinski definition) is 3. The average Bonchev–Trinajstić information content (AvgIpc) is 3.45. The van der Waals surface area contributed by atoms with Crippen LogP contribution < -0.4 is 5.32 Å². The lowest BCUT2D eigenvalue weighted by atomic mass is 9.73. The summed E-state index contributed by atoms with van der Waals surface area (Å²) in [6.45, 7) is 1.30. The lowest BCUT2D eigenvalue weighted by molar-refractivity contribution is -0.136. The van der Waals surface area contributed by atoms with E-state index >= 15 is 0 Å². The molecule has 1 aliphatic carbocycles. The first-order valence-electron chi connectivity index (χ1n) is 10.2. The minimum atomic E-state index is -0.392. The van der Waals surface area contributed by atoms with Gasteiger partial charge in [-0.05, 0) is 49.3 Å². The van der Waals surface area contributed by atoms with Crippen molar-refractivity contribution in [1.29, 1.82) is 0 Å². The Morgan fingerprint density at radius 2 is 1.75 bits per heavy atom. The Hall–Kier alpha value is -2.59. The highest BCUT2D eigenvalue weighted by Gasteiger charge is 2.42. The molecule has 144 valence electrons. The normalized spacial score (nSPS) is 18.9. The maximum Gasteiger partial charge on any atom is 0.226 e. The van der Waals surface area contributed by atoms with E-state index in [4.69, 9.17) is 9.15 Å². The zero-order valence-electron chi connectivity index (χ0n) is 15.9. The van der Waals surface area contributed by atoms with Crippen LogP contribution in [0.5, 0.6) is 0 Å². The smallest absolute Gasteiger partial charge is 0.226 e. The summed E-state index contributed by atoms with van der Waals surface area (Å²) in [6.07, 6.45) is 6.32. The molecule has 4 heteroatoms. The molecule has 0 unspecified atom stereocenters. The molecule has 1 amide bonds. The van der Waals surface area contributed by atoms with E-state index in [2.05, 4.69) is 35.6 Å². The zero-order valence-corrected chi connectivity index (χ0v) is 15.9. The van der Waals surface area contributed by atoms with E-state index < -0.39 is 5.41 Å². The van der Waals surface area contributed by atoms with E-state index in [1.807, 2.05) is 24.5 Å². The number of benzene rings is 2. The third-order valence-corrected chi connectivity index (χ3v) is 6.16. The number of furan rings is 1. The summed E-state index contributed by atoms with van der Waals surface area (Å²) in [4.78, 5) is 13.2. The van der Waals surface area contributed by atoms with Crippen LogP contribution in [0, 0.1) is 5.41 Å². The summed E-state index contributed by atoms with van der Waals surface area (Å²) in [7, 11) is 0. The van der Waals surface area contributed by atoms with Crippen molar-refractivity contribution in [2.45, 2.75) is 38.1 Å². The topological polar surface area (TPSA) is 51.5 Å². The van der Waals surface area contributed by atoms with Crippen LogP contribution >= 0.6 is 0 Å². The van der Waals surface area contributed by atoms with Gasteiger partial charge in [0.15, 0.2) is 0 Å². The highest BCUT2D eigenvalue weighted by Crippen LogP contribution is 2.40. The number of ether oxygens (including phenoxy) is 1. The highest BCUT2D eigenvalue weighted by molar-refractivity contribution is 5.95. The number of fused-ring (bicyclic) bond motifs is 1. The Morgan fingerprint density at radius 3 is 2.57 bits per heavy atom. The average molecular weight is 375 g/mol. The van der Waals surface area contributed by atoms with E-state index in [0.29, 0.717) is 19.3 Å². The van der Waals surface area contributed by atoms with Gasteiger partial charge in [0.2, 0.25) is 5.91 Å². The molecule has 2 aromatic carbocycles. The standard InChI is InChI=1S/C24H25NO3/c26-23(25-18-9-10-18)24(11-13-27-14-12-24)15-17-5-1-2-6-19(17)21-16-28-22-8-4-3-7-20(21)22/h1-8,16,18H,9-15H2,(H,25,26). The summed E-state index contributed by atoms with van der Waals surface area (Å²) < 4.78 is 11.4. The predicted octanol–water partition coefficient (Wildman–Crippen LogP) is 4.72. The number of nitrogens with one attached hydrogen (secondary N) is 1. The van der Waals surface area contributed by atoms with Crippen molar-refractivity contribution in [3.8, 4) is 11.1 Å². The monoisotopic (exact) mass is 375 g/mol. The molecule has 3 aromatic rings. The lowest BCUT2D eigenvalue weighted by Gasteiger charge is -2.36. The second-order valence-corrected chi connectivity index (χ2v) is 8.12. The predicted molar refractivity (Wildman–Crippen MR) is 109 cm³/mol. The van der Waals surface area contributed by atoms with Crippen molar-refractivity contribution in [1.82, 2.24) is 5.32 Å². The molecular formula is C24H25NO3. The summed E-state index contributed by atoms with van der Waals surface area (Å²) in [5, 5.41) is 4.37. The quantitative estimate of drug-likeness (QED) is 0.702. The molecule has 0 bridgehead atoms. The van der Waals surface area contributed by atoms with Crippen molar-refractivity contribution >= 4 is 16.9 Å². The van der Waals surface area contributed by atoms with Gasteiger partial charge in [-0.1, -0.05) is 42.5 Å². The molecule has 0 atom stereocenters. The minimum Gasteiger partial charge on any atom is -0.464 e. The van der Waals surface area contributed by atoms with E-state index in [-0.39, 0.29) is 5.91 Å². The molecule has 1 saturated carbocycles. The second-order valence-electron chi connectivity index (χ2n) is 8.12. The third kappa shape index (κ3) is 3.22. The van der Waals surface area contributed by atoms with Crippen LogP contribution in [0.2, 0.25) is 0 Å². The van der Waals surface area contributed by atoms with Gasteiger partial charge in [-0.15, -0.1) is 0 Å². The van der Waals surface area contributed by atoms with Crippen molar-refractivity contribution in [2.75, 3.05) is 13.2 Å². The van der Waals surface area contributed by atoms with Crippen molar-refractivity contribution in [3.63, 3.8) is 0 Å². The first kappa shape index (κ1) is 17.5. The molecule has 1 aromatic heterocycles. The minimum absolute atomic E-state index is 0.199. The number of para-hydroxylation sites is 1. The van der Waals surface area contributed by atoms with Gasteiger partial charge < -0.3 is 14.5 Å². The number of carbonyl (C=O) groups excluding carboxylic acids is 1. The fourth-order valence-corrected chi connectivity index (χ4v) is 4.30. The SMILES string of the molecule is O=C(NC1CC1)C1(Cc2ccccc2-c2coc3ccccc23)CCOCC1. The van der Waals surface area contributed by atoms with Crippen LogP contribution in [0.1, 0.15) is 31.2 Å².